The van der Waals surface area contributed by atoms with Gasteiger partial charge in [0.25, 0.3) is 0 Å². The van der Waals surface area contributed by atoms with Crippen LogP contribution in [0.1, 0.15) is 25.0 Å². The number of hydrogen-bond acceptors (Lipinski definition) is 6. The van der Waals surface area contributed by atoms with E-state index in [0.717, 1.165) is 44.8 Å². The van der Waals surface area contributed by atoms with Crippen LogP contribution >= 0.6 is 0 Å². The molecule has 0 saturated carbocycles. The fourth-order valence-electron chi connectivity index (χ4n) is 3.93. The number of aromatic nitrogens is 5. The van der Waals surface area contributed by atoms with Crippen molar-refractivity contribution < 1.29 is 0 Å². The quantitative estimate of drug-likeness (QED) is 0.407. The molecule has 7 nitrogen and oxygen atoms in total. The lowest BCUT2D eigenvalue weighted by Crippen LogP contribution is -2.13. The van der Waals surface area contributed by atoms with Gasteiger partial charge < -0.3 is 5.73 Å². The summed E-state index contributed by atoms with van der Waals surface area (Å²) >= 11 is 0. The second-order valence-corrected chi connectivity index (χ2v) is 8.75. The van der Waals surface area contributed by atoms with Crippen LogP contribution in [-0.2, 0) is 5.41 Å². The van der Waals surface area contributed by atoms with Crippen LogP contribution in [0.5, 0.6) is 0 Å². The Balaban J connectivity index is 1.58. The highest BCUT2D eigenvalue weighted by atomic mass is 15.3. The van der Waals surface area contributed by atoms with Crippen LogP contribution in [0.2, 0.25) is 0 Å². The highest BCUT2D eigenvalue weighted by Crippen LogP contribution is 2.32. The smallest absolute Gasteiger partial charge is 0.165 e. The molecule has 4 heterocycles. The first-order chi connectivity index (χ1) is 16.4. The lowest BCUT2D eigenvalue weighted by molar-refractivity contribution is 0.687. The molecule has 0 saturated heterocycles. The van der Waals surface area contributed by atoms with Crippen molar-refractivity contribution in [3.05, 3.63) is 84.4 Å². The fourth-order valence-corrected chi connectivity index (χ4v) is 3.93. The number of anilines is 1. The van der Waals surface area contributed by atoms with Gasteiger partial charge in [-0.2, -0.15) is 14.9 Å². The molecule has 0 aliphatic carbocycles. The van der Waals surface area contributed by atoms with Gasteiger partial charge in [-0.1, -0.05) is 30.3 Å². The molecule has 0 spiro atoms. The first-order valence-electron chi connectivity index (χ1n) is 10.9. The Kier molecular flexibility index (Phi) is 5.06. The Morgan fingerprint density at radius 3 is 2.35 bits per heavy atom. The summed E-state index contributed by atoms with van der Waals surface area (Å²) in [6.45, 7) is 5.75. The zero-order valence-corrected chi connectivity index (χ0v) is 19.2. The first kappa shape index (κ1) is 21.3. The Morgan fingerprint density at radius 2 is 1.71 bits per heavy atom. The van der Waals surface area contributed by atoms with Crippen molar-refractivity contribution in [3.8, 4) is 39.7 Å². The molecule has 1 aromatic carbocycles. The van der Waals surface area contributed by atoms with Gasteiger partial charge in [0.05, 0.1) is 29.1 Å². The van der Waals surface area contributed by atoms with E-state index in [2.05, 4.69) is 21.1 Å². The van der Waals surface area contributed by atoms with Gasteiger partial charge in [-0.25, -0.2) is 4.98 Å². The Hall–Kier alpha value is -4.57. The number of pyridine rings is 2. The van der Waals surface area contributed by atoms with Crippen LogP contribution in [0.15, 0.2) is 73.3 Å². The molecule has 2 N–H and O–H groups in total. The summed E-state index contributed by atoms with van der Waals surface area (Å²) < 4.78 is 1.66. The van der Waals surface area contributed by atoms with Gasteiger partial charge in [-0.3, -0.25) is 9.97 Å². The van der Waals surface area contributed by atoms with Crippen molar-refractivity contribution in [1.29, 1.82) is 5.26 Å². The monoisotopic (exact) mass is 445 g/mol. The molecule has 0 aliphatic rings. The van der Waals surface area contributed by atoms with Crippen molar-refractivity contribution >= 4 is 11.5 Å². The third kappa shape index (κ3) is 3.55. The minimum absolute atomic E-state index is 0.535. The number of fused-ring (bicyclic) bond motifs is 1. The van der Waals surface area contributed by atoms with E-state index >= 15 is 0 Å². The molecule has 34 heavy (non-hydrogen) atoms. The second-order valence-electron chi connectivity index (χ2n) is 8.75. The summed E-state index contributed by atoms with van der Waals surface area (Å²) in [7, 11) is 0. The van der Waals surface area contributed by atoms with Crippen LogP contribution in [0.4, 0.5) is 5.82 Å². The number of benzene rings is 1. The van der Waals surface area contributed by atoms with Gasteiger partial charge in [0, 0.05) is 46.4 Å². The van der Waals surface area contributed by atoms with E-state index in [-0.39, 0.29) is 0 Å². The number of nitriles is 1. The molecule has 0 aliphatic heterocycles. The molecule has 5 rings (SSSR count). The Morgan fingerprint density at radius 1 is 0.941 bits per heavy atom. The highest BCUT2D eigenvalue weighted by molar-refractivity contribution is 5.81. The number of hydrogen-bond donors (Lipinski definition) is 1. The highest BCUT2D eigenvalue weighted by Gasteiger charge is 2.21. The predicted molar refractivity (Wildman–Crippen MR) is 133 cm³/mol. The van der Waals surface area contributed by atoms with Crippen molar-refractivity contribution in [2.75, 3.05) is 5.73 Å². The van der Waals surface area contributed by atoms with E-state index < -0.39 is 5.41 Å². The molecule has 4 aromatic heterocycles. The fraction of sp³-hybridized carbons (Fsp3) is 0.148. The largest absolute Gasteiger partial charge is 0.383 e. The summed E-state index contributed by atoms with van der Waals surface area (Å²) in [4.78, 5) is 13.7. The Bertz CT molecular complexity index is 1530. The third-order valence-electron chi connectivity index (χ3n) is 6.12. The topological polar surface area (TPSA) is 106 Å². The third-order valence-corrected chi connectivity index (χ3v) is 6.12. The molecule has 7 heteroatoms. The second kappa shape index (κ2) is 8.09. The van der Waals surface area contributed by atoms with Gasteiger partial charge in [0.2, 0.25) is 0 Å². The number of nitrogens with zero attached hydrogens (tertiary/aromatic N) is 6. The van der Waals surface area contributed by atoms with Gasteiger partial charge in [-0.05, 0) is 44.5 Å². The van der Waals surface area contributed by atoms with Crippen LogP contribution in [0.25, 0.3) is 39.3 Å². The number of nitrogens with two attached hydrogens (primary N) is 1. The molecule has 0 amide bonds. The first-order valence-corrected chi connectivity index (χ1v) is 10.9. The summed E-state index contributed by atoms with van der Waals surface area (Å²) in [5.41, 5.74) is 13.6. The molecule has 0 atom stereocenters. The zero-order chi connectivity index (χ0) is 23.9. The lowest BCUT2D eigenvalue weighted by Gasteiger charge is -2.16. The minimum atomic E-state index is -0.558. The summed E-state index contributed by atoms with van der Waals surface area (Å²) in [6, 6.07) is 18.1. The minimum Gasteiger partial charge on any atom is -0.383 e. The zero-order valence-electron chi connectivity index (χ0n) is 19.2. The van der Waals surface area contributed by atoms with Gasteiger partial charge in [0.15, 0.2) is 5.65 Å². The van der Waals surface area contributed by atoms with Gasteiger partial charge in [-0.15, -0.1) is 0 Å². The summed E-state index contributed by atoms with van der Waals surface area (Å²) in [5.74, 6) is 0.535. The molecule has 0 radical (unpaired) electrons. The molecule has 166 valence electrons. The molecule has 0 fully saturated rings. The van der Waals surface area contributed by atoms with E-state index in [9.17, 15) is 5.26 Å². The Labute approximate surface area is 197 Å². The number of rotatable bonds is 4. The van der Waals surface area contributed by atoms with Crippen LogP contribution < -0.4 is 5.73 Å². The maximum Gasteiger partial charge on any atom is 0.165 e. The van der Waals surface area contributed by atoms with E-state index in [1.807, 2.05) is 75.5 Å². The van der Waals surface area contributed by atoms with Crippen molar-refractivity contribution in [2.24, 2.45) is 0 Å². The molecule has 0 bridgehead atoms. The molecular weight excluding hydrogens is 422 g/mol. The summed E-state index contributed by atoms with van der Waals surface area (Å²) in [5, 5.41) is 13.9. The van der Waals surface area contributed by atoms with Crippen molar-refractivity contribution in [3.63, 3.8) is 0 Å². The average Bonchev–Trinajstić information content (AvgIpc) is 3.31. The number of nitrogen functional groups attached to an aromatic ring is 1. The normalized spacial score (nSPS) is 11.5. The maximum atomic E-state index is 9.43. The van der Waals surface area contributed by atoms with Crippen molar-refractivity contribution in [1.82, 2.24) is 24.6 Å². The standard InChI is InChI=1S/C27H23N7/c1-17-24(18-6-9-21(10-7-18)27(2,3)16-28)33-26-22(15-32-34(26)25(17)29)19-8-11-23(31-14-19)20-5-4-12-30-13-20/h4-15H,29H2,1-3H3. The average molecular weight is 446 g/mol. The van der Waals surface area contributed by atoms with Gasteiger partial charge in [0.1, 0.15) is 5.82 Å². The van der Waals surface area contributed by atoms with E-state index in [4.69, 9.17) is 10.7 Å². The van der Waals surface area contributed by atoms with Crippen LogP contribution in [0, 0.1) is 18.3 Å². The van der Waals surface area contributed by atoms with Crippen LogP contribution in [-0.4, -0.2) is 24.6 Å². The van der Waals surface area contributed by atoms with E-state index in [1.165, 1.54) is 0 Å². The van der Waals surface area contributed by atoms with Crippen molar-refractivity contribution in [2.45, 2.75) is 26.2 Å². The predicted octanol–water partition coefficient (Wildman–Crippen LogP) is 5.21. The molecule has 0 unspecified atom stereocenters. The summed E-state index contributed by atoms with van der Waals surface area (Å²) in [6.07, 6.45) is 7.11. The van der Waals surface area contributed by atoms with Crippen LogP contribution in [0.3, 0.4) is 0 Å². The van der Waals surface area contributed by atoms with Gasteiger partial charge >= 0.3 is 0 Å². The maximum absolute atomic E-state index is 9.43. The van der Waals surface area contributed by atoms with E-state index in [1.54, 1.807) is 23.1 Å². The molecular formula is C27H23N7. The molecule has 5 aromatic rings. The van der Waals surface area contributed by atoms with E-state index in [0.29, 0.717) is 11.5 Å². The lowest BCUT2D eigenvalue weighted by atomic mass is 9.86. The SMILES string of the molecule is Cc1c(-c2ccc(C(C)(C)C#N)cc2)nc2c(-c3ccc(-c4cccnc4)nc3)cnn2c1N.